The van der Waals surface area contributed by atoms with Gasteiger partial charge in [-0.2, -0.15) is 5.10 Å². The van der Waals surface area contributed by atoms with Crippen LogP contribution in [0.15, 0.2) is 53.6 Å². The Bertz CT molecular complexity index is 877. The number of nitrogens with one attached hydrogen (secondary N) is 2. The fourth-order valence-corrected chi connectivity index (χ4v) is 2.32. The number of rotatable bonds is 10. The molecule has 0 aliphatic heterocycles. The fourth-order valence-electron chi connectivity index (χ4n) is 2.32. The minimum atomic E-state index is -0.432. The molecule has 0 aliphatic carbocycles. The van der Waals surface area contributed by atoms with E-state index in [0.717, 1.165) is 11.1 Å². The number of hydrogen-bond acceptors (Lipinski definition) is 6. The van der Waals surface area contributed by atoms with E-state index < -0.39 is 5.97 Å². The van der Waals surface area contributed by atoms with Crippen LogP contribution in [-0.4, -0.2) is 37.2 Å². The average Bonchev–Trinajstić information content (AvgIpc) is 2.73. The Balaban J connectivity index is 1.69. The van der Waals surface area contributed by atoms with Crippen LogP contribution in [0.4, 0.5) is 5.69 Å². The number of hydrazone groups is 1. The second kappa shape index (κ2) is 12.0. The van der Waals surface area contributed by atoms with Gasteiger partial charge in [-0.1, -0.05) is 17.7 Å². The molecule has 0 saturated carbocycles. The van der Waals surface area contributed by atoms with Gasteiger partial charge in [0.2, 0.25) is 11.8 Å². The smallest absolute Gasteiger partial charge is 0.344 e. The van der Waals surface area contributed by atoms with Crippen LogP contribution in [-0.2, 0) is 19.1 Å². The van der Waals surface area contributed by atoms with Gasteiger partial charge in [-0.05, 0) is 55.8 Å². The summed E-state index contributed by atoms with van der Waals surface area (Å²) in [6.07, 6.45) is 1.55. The van der Waals surface area contributed by atoms with Crippen LogP contribution in [0.5, 0.6) is 5.75 Å². The Hall–Kier alpha value is -3.68. The Kier molecular flexibility index (Phi) is 9.05. The number of anilines is 1. The molecule has 0 saturated heterocycles. The highest BCUT2D eigenvalue weighted by Crippen LogP contribution is 2.11. The van der Waals surface area contributed by atoms with E-state index in [1.165, 1.54) is 6.21 Å². The third kappa shape index (κ3) is 8.55. The minimum Gasteiger partial charge on any atom is -0.482 e. The van der Waals surface area contributed by atoms with E-state index in [2.05, 4.69) is 15.8 Å². The molecule has 0 fully saturated rings. The Morgan fingerprint density at radius 3 is 2.30 bits per heavy atom. The SMILES string of the molecule is CCOC(=O)COc1ccc(C=NNC(=O)CCC(=O)Nc2ccc(C)cc2)cc1. The maximum Gasteiger partial charge on any atom is 0.344 e. The van der Waals surface area contributed by atoms with Gasteiger partial charge in [0.05, 0.1) is 12.8 Å². The Labute approximate surface area is 175 Å². The highest BCUT2D eigenvalue weighted by Gasteiger charge is 2.07. The molecule has 2 N–H and O–H groups in total. The van der Waals surface area contributed by atoms with Crippen molar-refractivity contribution >= 4 is 29.7 Å². The van der Waals surface area contributed by atoms with Gasteiger partial charge in [-0.3, -0.25) is 9.59 Å². The first-order valence-corrected chi connectivity index (χ1v) is 9.53. The molecule has 30 heavy (non-hydrogen) atoms. The summed E-state index contributed by atoms with van der Waals surface area (Å²) in [5.74, 6) is -0.515. The van der Waals surface area contributed by atoms with Gasteiger partial charge in [0.15, 0.2) is 6.61 Å². The monoisotopic (exact) mass is 411 g/mol. The zero-order valence-corrected chi connectivity index (χ0v) is 17.0. The second-order valence-electron chi connectivity index (χ2n) is 6.37. The molecule has 8 heteroatoms. The Morgan fingerprint density at radius 1 is 0.967 bits per heavy atom. The summed E-state index contributed by atoms with van der Waals surface area (Å²) < 4.78 is 10.1. The van der Waals surface area contributed by atoms with Gasteiger partial charge in [0, 0.05) is 18.5 Å². The van der Waals surface area contributed by atoms with Crippen LogP contribution in [0.25, 0.3) is 0 Å². The second-order valence-corrected chi connectivity index (χ2v) is 6.37. The first-order valence-electron chi connectivity index (χ1n) is 9.53. The highest BCUT2D eigenvalue weighted by atomic mass is 16.6. The zero-order valence-electron chi connectivity index (χ0n) is 17.0. The molecule has 158 valence electrons. The maximum atomic E-state index is 11.9. The molecule has 0 spiro atoms. The van der Waals surface area contributed by atoms with Crippen molar-refractivity contribution in [1.82, 2.24) is 5.43 Å². The molecule has 0 aliphatic rings. The molecule has 0 unspecified atom stereocenters. The van der Waals surface area contributed by atoms with Crippen molar-refractivity contribution in [2.75, 3.05) is 18.5 Å². The number of esters is 1. The molecule has 0 radical (unpaired) electrons. The molecule has 2 aromatic rings. The number of nitrogens with zero attached hydrogens (tertiary/aromatic N) is 1. The summed E-state index contributed by atoms with van der Waals surface area (Å²) in [7, 11) is 0. The number of carbonyl (C=O) groups is 3. The number of ether oxygens (including phenoxy) is 2. The van der Waals surface area contributed by atoms with E-state index >= 15 is 0 Å². The number of hydrogen-bond donors (Lipinski definition) is 2. The van der Waals surface area contributed by atoms with E-state index in [4.69, 9.17) is 9.47 Å². The van der Waals surface area contributed by atoms with E-state index in [9.17, 15) is 14.4 Å². The minimum absolute atomic E-state index is 0.0235. The van der Waals surface area contributed by atoms with Gasteiger partial charge in [0.25, 0.3) is 0 Å². The van der Waals surface area contributed by atoms with Crippen LogP contribution < -0.4 is 15.5 Å². The molecule has 2 aromatic carbocycles. The van der Waals surface area contributed by atoms with Crippen molar-refractivity contribution in [2.24, 2.45) is 5.10 Å². The van der Waals surface area contributed by atoms with Crippen molar-refractivity contribution in [2.45, 2.75) is 26.7 Å². The first kappa shape index (κ1) is 22.6. The topological polar surface area (TPSA) is 106 Å². The van der Waals surface area contributed by atoms with Crippen LogP contribution in [0.3, 0.4) is 0 Å². The van der Waals surface area contributed by atoms with Crippen molar-refractivity contribution < 1.29 is 23.9 Å². The molecule has 0 aromatic heterocycles. The lowest BCUT2D eigenvalue weighted by atomic mass is 10.2. The van der Waals surface area contributed by atoms with E-state index in [1.807, 2.05) is 31.2 Å². The summed E-state index contributed by atoms with van der Waals surface area (Å²) in [6, 6.07) is 14.2. The van der Waals surface area contributed by atoms with Crippen molar-refractivity contribution in [1.29, 1.82) is 0 Å². The molecule has 0 bridgehead atoms. The standard InChI is InChI=1S/C22H25N3O5/c1-3-29-22(28)15-30-19-10-6-17(7-11-19)14-23-25-21(27)13-12-20(26)24-18-8-4-16(2)5-9-18/h4-11,14H,3,12-13,15H2,1-2H3,(H,24,26)(H,25,27). The van der Waals surface area contributed by atoms with Gasteiger partial charge < -0.3 is 14.8 Å². The van der Waals surface area contributed by atoms with Crippen LogP contribution in [0.1, 0.15) is 30.9 Å². The summed E-state index contributed by atoms with van der Waals surface area (Å²) in [5, 5.41) is 6.61. The summed E-state index contributed by atoms with van der Waals surface area (Å²) in [6.45, 7) is 3.84. The van der Waals surface area contributed by atoms with Crippen LogP contribution in [0, 0.1) is 6.92 Å². The van der Waals surface area contributed by atoms with E-state index in [0.29, 0.717) is 18.0 Å². The van der Waals surface area contributed by atoms with E-state index in [1.54, 1.807) is 31.2 Å². The van der Waals surface area contributed by atoms with Crippen molar-refractivity contribution in [3.05, 3.63) is 59.7 Å². The molecule has 8 nitrogen and oxygen atoms in total. The lowest BCUT2D eigenvalue weighted by Crippen LogP contribution is -2.20. The number of aryl methyl sites for hydroxylation is 1. The maximum absolute atomic E-state index is 11.9. The highest BCUT2D eigenvalue weighted by molar-refractivity contribution is 5.93. The Morgan fingerprint density at radius 2 is 1.63 bits per heavy atom. The van der Waals surface area contributed by atoms with Gasteiger partial charge in [-0.25, -0.2) is 10.2 Å². The molecule has 2 amide bonds. The molecular formula is C22H25N3O5. The fraction of sp³-hybridized carbons (Fsp3) is 0.273. The lowest BCUT2D eigenvalue weighted by Gasteiger charge is -2.06. The molecule has 2 rings (SSSR count). The van der Waals surface area contributed by atoms with Crippen LogP contribution >= 0.6 is 0 Å². The molecule has 0 heterocycles. The largest absolute Gasteiger partial charge is 0.482 e. The van der Waals surface area contributed by atoms with Crippen molar-refractivity contribution in [3.8, 4) is 5.75 Å². The molecule has 0 atom stereocenters. The average molecular weight is 411 g/mol. The van der Waals surface area contributed by atoms with Crippen LogP contribution in [0.2, 0.25) is 0 Å². The zero-order chi connectivity index (χ0) is 21.8. The third-order valence-electron chi connectivity index (χ3n) is 3.86. The number of amides is 2. The summed E-state index contributed by atoms with van der Waals surface area (Å²) in [5.41, 5.74) is 4.91. The predicted molar refractivity (Wildman–Crippen MR) is 113 cm³/mol. The van der Waals surface area contributed by atoms with Gasteiger partial charge in [0.1, 0.15) is 5.75 Å². The first-order chi connectivity index (χ1) is 14.5. The lowest BCUT2D eigenvalue weighted by molar-refractivity contribution is -0.145. The quantitative estimate of drug-likeness (QED) is 0.355. The number of carbonyl (C=O) groups excluding carboxylic acids is 3. The third-order valence-corrected chi connectivity index (χ3v) is 3.86. The predicted octanol–water partition coefficient (Wildman–Crippen LogP) is 2.81. The van der Waals surface area contributed by atoms with Gasteiger partial charge >= 0.3 is 5.97 Å². The summed E-state index contributed by atoms with van der Waals surface area (Å²) >= 11 is 0. The normalized spacial score (nSPS) is 10.5. The summed E-state index contributed by atoms with van der Waals surface area (Å²) in [4.78, 5) is 35.0. The van der Waals surface area contributed by atoms with E-state index in [-0.39, 0.29) is 31.3 Å². The molecular weight excluding hydrogens is 386 g/mol. The number of benzene rings is 2. The van der Waals surface area contributed by atoms with Gasteiger partial charge in [-0.15, -0.1) is 0 Å². The van der Waals surface area contributed by atoms with Crippen molar-refractivity contribution in [3.63, 3.8) is 0 Å².